The molecule has 1 atom stereocenters. The number of amides is 1. The second kappa shape index (κ2) is 9.68. The first-order chi connectivity index (χ1) is 7.74. The summed E-state index contributed by atoms with van der Waals surface area (Å²) in [4.78, 5) is 13.9. The van der Waals surface area contributed by atoms with Crippen molar-refractivity contribution in [1.29, 1.82) is 0 Å². The molecule has 102 valence electrons. The molecule has 1 rings (SSSR count). The molecule has 2 N–H and O–H groups in total. The molecule has 0 saturated carbocycles. The van der Waals surface area contributed by atoms with Gasteiger partial charge < -0.3 is 15.5 Å². The van der Waals surface area contributed by atoms with Crippen molar-refractivity contribution in [3.05, 3.63) is 0 Å². The lowest BCUT2D eigenvalue weighted by atomic mass is 10.2. The third kappa shape index (κ3) is 6.86. The van der Waals surface area contributed by atoms with E-state index in [0.29, 0.717) is 0 Å². The van der Waals surface area contributed by atoms with E-state index in [1.165, 1.54) is 12.8 Å². The minimum absolute atomic E-state index is 0. The van der Waals surface area contributed by atoms with Crippen LogP contribution in [0, 0.1) is 0 Å². The van der Waals surface area contributed by atoms with Crippen LogP contribution in [0.15, 0.2) is 0 Å². The standard InChI is InChI=1S/C12H25N3O.ClH/c1-3-4-9-15(2)10-8-14-12(16)11-6-5-7-13-11;/h11,13H,3-10H2,1-2H3,(H,14,16);1H/t11-;/m0./s1. The van der Waals surface area contributed by atoms with Crippen LogP contribution in [0.5, 0.6) is 0 Å². The highest BCUT2D eigenvalue weighted by molar-refractivity contribution is 5.85. The average Bonchev–Trinajstić information content (AvgIpc) is 2.79. The molecule has 0 spiro atoms. The van der Waals surface area contributed by atoms with Gasteiger partial charge in [0.2, 0.25) is 5.91 Å². The Morgan fingerprint density at radius 2 is 2.24 bits per heavy atom. The first-order valence-corrected chi connectivity index (χ1v) is 6.43. The number of nitrogens with one attached hydrogen (secondary N) is 2. The number of hydrogen-bond donors (Lipinski definition) is 2. The molecule has 0 bridgehead atoms. The lowest BCUT2D eigenvalue weighted by Gasteiger charge is -2.17. The van der Waals surface area contributed by atoms with Crippen molar-refractivity contribution in [2.75, 3.05) is 33.2 Å². The number of rotatable bonds is 7. The highest BCUT2D eigenvalue weighted by Crippen LogP contribution is 2.04. The lowest BCUT2D eigenvalue weighted by molar-refractivity contribution is -0.122. The molecule has 0 unspecified atom stereocenters. The van der Waals surface area contributed by atoms with E-state index in [2.05, 4.69) is 29.5 Å². The van der Waals surface area contributed by atoms with Crippen LogP contribution < -0.4 is 10.6 Å². The summed E-state index contributed by atoms with van der Waals surface area (Å²) in [5.74, 6) is 0.168. The summed E-state index contributed by atoms with van der Waals surface area (Å²) in [6, 6.07) is 0.0564. The Bertz CT molecular complexity index is 208. The average molecular weight is 264 g/mol. The van der Waals surface area contributed by atoms with Crippen molar-refractivity contribution in [1.82, 2.24) is 15.5 Å². The van der Waals surface area contributed by atoms with Crippen molar-refractivity contribution < 1.29 is 4.79 Å². The van der Waals surface area contributed by atoms with Crippen LogP contribution in [-0.4, -0.2) is 50.1 Å². The number of carbonyl (C=O) groups excluding carboxylic acids is 1. The number of halogens is 1. The Kier molecular flexibility index (Phi) is 9.50. The molecule has 0 aromatic carbocycles. The molecule has 0 radical (unpaired) electrons. The van der Waals surface area contributed by atoms with Crippen molar-refractivity contribution in [2.45, 2.75) is 38.6 Å². The van der Waals surface area contributed by atoms with Gasteiger partial charge in [-0.25, -0.2) is 0 Å². The van der Waals surface area contributed by atoms with Gasteiger partial charge >= 0.3 is 0 Å². The van der Waals surface area contributed by atoms with Crippen molar-refractivity contribution >= 4 is 18.3 Å². The van der Waals surface area contributed by atoms with E-state index in [9.17, 15) is 4.79 Å². The molecule has 1 aliphatic heterocycles. The van der Waals surface area contributed by atoms with E-state index in [-0.39, 0.29) is 24.4 Å². The molecule has 0 aromatic heterocycles. The van der Waals surface area contributed by atoms with Gasteiger partial charge in [0.1, 0.15) is 0 Å². The van der Waals surface area contributed by atoms with E-state index in [1.807, 2.05) is 0 Å². The predicted molar refractivity (Wildman–Crippen MR) is 73.7 cm³/mol. The smallest absolute Gasteiger partial charge is 0.237 e. The van der Waals surface area contributed by atoms with Gasteiger partial charge in [-0.15, -0.1) is 12.4 Å². The van der Waals surface area contributed by atoms with Crippen LogP contribution >= 0.6 is 12.4 Å². The Balaban J connectivity index is 0.00000256. The maximum absolute atomic E-state index is 11.6. The molecule has 17 heavy (non-hydrogen) atoms. The summed E-state index contributed by atoms with van der Waals surface area (Å²) < 4.78 is 0. The normalized spacial score (nSPS) is 19.1. The first kappa shape index (κ1) is 16.7. The fraction of sp³-hybridized carbons (Fsp3) is 0.917. The summed E-state index contributed by atoms with van der Waals surface area (Å²) in [6.45, 7) is 6.00. The molecule has 1 amide bonds. The van der Waals surface area contributed by atoms with Gasteiger partial charge in [-0.2, -0.15) is 0 Å². The van der Waals surface area contributed by atoms with Crippen LogP contribution in [-0.2, 0) is 4.79 Å². The SMILES string of the molecule is CCCCN(C)CCNC(=O)[C@@H]1CCCN1.Cl. The second-order valence-corrected chi connectivity index (χ2v) is 4.60. The summed E-state index contributed by atoms with van der Waals surface area (Å²) in [5, 5.41) is 6.19. The molecule has 5 heteroatoms. The Labute approximate surface area is 111 Å². The van der Waals surface area contributed by atoms with Crippen LogP contribution in [0.2, 0.25) is 0 Å². The quantitative estimate of drug-likeness (QED) is 0.721. The third-order valence-electron chi connectivity index (χ3n) is 3.06. The highest BCUT2D eigenvalue weighted by Gasteiger charge is 2.21. The number of likely N-dealkylation sites (N-methyl/N-ethyl adjacent to an activating group) is 1. The van der Waals surface area contributed by atoms with Crippen molar-refractivity contribution in [3.8, 4) is 0 Å². The molecular formula is C12H26ClN3O. The maximum atomic E-state index is 11.6. The summed E-state index contributed by atoms with van der Waals surface area (Å²) in [5.41, 5.74) is 0. The van der Waals surface area contributed by atoms with Crippen LogP contribution in [0.1, 0.15) is 32.6 Å². The fourth-order valence-corrected chi connectivity index (χ4v) is 1.94. The van der Waals surface area contributed by atoms with Crippen LogP contribution in [0.25, 0.3) is 0 Å². The number of carbonyl (C=O) groups is 1. The van der Waals surface area contributed by atoms with E-state index < -0.39 is 0 Å². The number of nitrogens with zero attached hydrogens (tertiary/aromatic N) is 1. The van der Waals surface area contributed by atoms with Gasteiger partial charge in [0, 0.05) is 13.1 Å². The van der Waals surface area contributed by atoms with Crippen LogP contribution in [0.4, 0.5) is 0 Å². The lowest BCUT2D eigenvalue weighted by Crippen LogP contribution is -2.43. The molecule has 1 saturated heterocycles. The minimum Gasteiger partial charge on any atom is -0.353 e. The molecular weight excluding hydrogens is 238 g/mol. The Hall–Kier alpha value is -0.320. The van der Waals surface area contributed by atoms with Gasteiger partial charge in [0.25, 0.3) is 0 Å². The first-order valence-electron chi connectivity index (χ1n) is 6.43. The Morgan fingerprint density at radius 1 is 1.47 bits per heavy atom. The zero-order valence-electron chi connectivity index (χ0n) is 11.0. The zero-order chi connectivity index (χ0) is 11.8. The topological polar surface area (TPSA) is 44.4 Å². The van der Waals surface area contributed by atoms with Crippen molar-refractivity contribution in [2.24, 2.45) is 0 Å². The predicted octanol–water partition coefficient (Wildman–Crippen LogP) is 1.01. The summed E-state index contributed by atoms with van der Waals surface area (Å²) >= 11 is 0. The monoisotopic (exact) mass is 263 g/mol. The molecule has 1 fully saturated rings. The number of unbranched alkanes of at least 4 members (excludes halogenated alkanes) is 1. The maximum Gasteiger partial charge on any atom is 0.237 e. The summed E-state index contributed by atoms with van der Waals surface area (Å²) in [6.07, 6.45) is 4.56. The fourth-order valence-electron chi connectivity index (χ4n) is 1.94. The molecule has 1 aliphatic rings. The van der Waals surface area contributed by atoms with Gasteiger partial charge in [-0.1, -0.05) is 13.3 Å². The largest absolute Gasteiger partial charge is 0.353 e. The van der Waals surface area contributed by atoms with Gasteiger partial charge in [0.15, 0.2) is 0 Å². The van der Waals surface area contributed by atoms with E-state index in [4.69, 9.17) is 0 Å². The zero-order valence-corrected chi connectivity index (χ0v) is 11.8. The third-order valence-corrected chi connectivity index (χ3v) is 3.06. The highest BCUT2D eigenvalue weighted by atomic mass is 35.5. The van der Waals surface area contributed by atoms with Gasteiger partial charge in [0.05, 0.1) is 6.04 Å². The summed E-state index contributed by atoms with van der Waals surface area (Å²) in [7, 11) is 2.11. The van der Waals surface area contributed by atoms with Crippen LogP contribution in [0.3, 0.4) is 0 Å². The van der Waals surface area contributed by atoms with E-state index in [0.717, 1.165) is 39.0 Å². The number of hydrogen-bond acceptors (Lipinski definition) is 3. The molecule has 4 nitrogen and oxygen atoms in total. The minimum atomic E-state index is 0. The van der Waals surface area contributed by atoms with Gasteiger partial charge in [-0.05, 0) is 39.4 Å². The van der Waals surface area contributed by atoms with E-state index in [1.54, 1.807) is 0 Å². The Morgan fingerprint density at radius 3 is 2.82 bits per heavy atom. The molecule has 0 aliphatic carbocycles. The van der Waals surface area contributed by atoms with E-state index >= 15 is 0 Å². The van der Waals surface area contributed by atoms with Crippen molar-refractivity contribution in [3.63, 3.8) is 0 Å². The second-order valence-electron chi connectivity index (χ2n) is 4.60. The van der Waals surface area contributed by atoms with Gasteiger partial charge in [-0.3, -0.25) is 4.79 Å². The molecule has 1 heterocycles. The molecule has 0 aromatic rings.